The molecule has 160 valence electrons. The van der Waals surface area contributed by atoms with E-state index in [-0.39, 0.29) is 0 Å². The first kappa shape index (κ1) is 21.0. The van der Waals surface area contributed by atoms with Crippen molar-refractivity contribution in [1.82, 2.24) is 4.90 Å². The van der Waals surface area contributed by atoms with Crippen LogP contribution in [-0.2, 0) is 0 Å². The lowest BCUT2D eigenvalue weighted by atomic mass is 9.79. The van der Waals surface area contributed by atoms with Gasteiger partial charge in [0.15, 0.2) is 0 Å². The molecule has 0 spiro atoms. The number of hydrogen-bond acceptors (Lipinski definition) is 1. The van der Waals surface area contributed by atoms with Crippen LogP contribution < -0.4 is 0 Å². The number of rotatable bonds is 5. The normalized spacial score (nSPS) is 36.9. The molecule has 4 aliphatic carbocycles. The molecule has 0 aromatic carbocycles. The van der Waals surface area contributed by atoms with Crippen molar-refractivity contribution >= 4 is 0 Å². The molecule has 0 N–H and O–H groups in total. The highest BCUT2D eigenvalue weighted by molar-refractivity contribution is 4.98. The summed E-state index contributed by atoms with van der Waals surface area (Å²) in [6.07, 6.45) is 31.9. The molecular formula is C27H47N. The fourth-order valence-electron chi connectivity index (χ4n) is 7.04. The highest BCUT2D eigenvalue weighted by atomic mass is 15.2. The Kier molecular flexibility index (Phi) is 7.97. The minimum absolute atomic E-state index is 0.884. The van der Waals surface area contributed by atoms with Crippen LogP contribution in [0.2, 0.25) is 0 Å². The minimum Gasteiger partial charge on any atom is -0.294 e. The van der Waals surface area contributed by atoms with E-state index in [1.54, 1.807) is 0 Å². The molecule has 28 heavy (non-hydrogen) atoms. The molecular weight excluding hydrogens is 338 g/mol. The lowest BCUT2D eigenvalue weighted by Gasteiger charge is -2.48. The molecule has 4 rings (SSSR count). The van der Waals surface area contributed by atoms with Gasteiger partial charge in [-0.15, -0.1) is 0 Å². The van der Waals surface area contributed by atoms with Crippen molar-refractivity contribution in [2.45, 2.75) is 141 Å². The summed E-state index contributed by atoms with van der Waals surface area (Å²) in [6.45, 7) is 2.44. The maximum Gasteiger partial charge on any atom is 0.0102 e. The summed E-state index contributed by atoms with van der Waals surface area (Å²) in [5.74, 6) is 2.76. The van der Waals surface area contributed by atoms with Crippen molar-refractivity contribution in [2.24, 2.45) is 17.8 Å². The Morgan fingerprint density at radius 2 is 0.857 bits per heavy atom. The summed E-state index contributed by atoms with van der Waals surface area (Å²) in [4.78, 5) is 3.13. The van der Waals surface area contributed by atoms with E-state index >= 15 is 0 Å². The second-order valence-corrected chi connectivity index (χ2v) is 11.0. The number of allylic oxidation sites excluding steroid dienone is 2. The van der Waals surface area contributed by atoms with Crippen molar-refractivity contribution in [3.63, 3.8) is 0 Å². The first-order valence-electron chi connectivity index (χ1n) is 13.3. The molecule has 0 saturated heterocycles. The Bertz CT molecular complexity index is 437. The molecule has 0 amide bonds. The molecule has 1 nitrogen and oxygen atoms in total. The Balaban J connectivity index is 1.30. The molecule has 4 saturated carbocycles. The third kappa shape index (κ3) is 5.65. The zero-order valence-electron chi connectivity index (χ0n) is 18.8. The molecule has 0 radical (unpaired) electrons. The van der Waals surface area contributed by atoms with E-state index in [9.17, 15) is 0 Å². The zero-order chi connectivity index (χ0) is 19.2. The van der Waals surface area contributed by atoms with E-state index in [1.165, 1.54) is 116 Å². The van der Waals surface area contributed by atoms with Gasteiger partial charge >= 0.3 is 0 Å². The van der Waals surface area contributed by atoms with Crippen molar-refractivity contribution in [3.05, 3.63) is 12.2 Å². The van der Waals surface area contributed by atoms with Crippen LogP contribution in [0.4, 0.5) is 0 Å². The number of nitrogens with zero attached hydrogens (tertiary/aromatic N) is 1. The van der Waals surface area contributed by atoms with Crippen molar-refractivity contribution < 1.29 is 0 Å². The van der Waals surface area contributed by atoms with E-state index in [0.29, 0.717) is 0 Å². The summed E-state index contributed by atoms with van der Waals surface area (Å²) >= 11 is 0. The van der Waals surface area contributed by atoms with Crippen LogP contribution in [0.15, 0.2) is 12.2 Å². The maximum atomic E-state index is 3.13. The van der Waals surface area contributed by atoms with E-state index in [0.717, 1.165) is 35.9 Å². The molecule has 0 aromatic rings. The minimum atomic E-state index is 0.884. The van der Waals surface area contributed by atoms with Gasteiger partial charge in [0.25, 0.3) is 0 Å². The lowest BCUT2D eigenvalue weighted by Crippen LogP contribution is -2.51. The first-order chi connectivity index (χ1) is 13.8. The smallest absolute Gasteiger partial charge is 0.0102 e. The third-order valence-electron chi connectivity index (χ3n) is 8.87. The monoisotopic (exact) mass is 385 g/mol. The fourth-order valence-corrected chi connectivity index (χ4v) is 7.04. The molecule has 4 fully saturated rings. The quantitative estimate of drug-likeness (QED) is 0.435. The third-order valence-corrected chi connectivity index (χ3v) is 8.87. The van der Waals surface area contributed by atoms with Gasteiger partial charge in [-0.2, -0.15) is 0 Å². The highest BCUT2D eigenvalue weighted by Crippen LogP contribution is 2.38. The molecule has 0 aliphatic heterocycles. The van der Waals surface area contributed by atoms with Crippen LogP contribution >= 0.6 is 0 Å². The first-order valence-corrected chi connectivity index (χ1v) is 13.3. The second kappa shape index (κ2) is 10.6. The molecule has 4 aliphatic rings. The molecule has 0 aromatic heterocycles. The summed E-state index contributed by atoms with van der Waals surface area (Å²) in [5, 5.41) is 0. The van der Waals surface area contributed by atoms with Crippen molar-refractivity contribution in [3.8, 4) is 0 Å². The van der Waals surface area contributed by atoms with Gasteiger partial charge in [0.1, 0.15) is 0 Å². The summed E-state index contributed by atoms with van der Waals surface area (Å²) < 4.78 is 0. The molecule has 0 heterocycles. The topological polar surface area (TPSA) is 3.24 Å². The Hall–Kier alpha value is -0.300. The molecule has 0 bridgehead atoms. The fraction of sp³-hybridized carbons (Fsp3) is 0.926. The summed E-state index contributed by atoms with van der Waals surface area (Å²) in [6, 6.07) is 2.77. The molecule has 0 atom stereocenters. The molecule has 0 unspecified atom stereocenters. The van der Waals surface area contributed by atoms with Gasteiger partial charge in [0.05, 0.1) is 0 Å². The standard InChI is InChI=1S/C27H47N/c1-22-12-14-23(15-13-22)16-17-24-18-20-27(21-19-24)28(25-8-4-2-5-9-25)26-10-6-3-7-11-26/h16-17,22-27H,2-15,18-21H2,1H3. The lowest BCUT2D eigenvalue weighted by molar-refractivity contribution is 0.0182. The Labute approximate surface area is 175 Å². The van der Waals surface area contributed by atoms with Crippen molar-refractivity contribution in [2.75, 3.05) is 0 Å². The van der Waals surface area contributed by atoms with Gasteiger partial charge in [0, 0.05) is 18.1 Å². The van der Waals surface area contributed by atoms with E-state index in [1.807, 2.05) is 0 Å². The summed E-state index contributed by atoms with van der Waals surface area (Å²) in [7, 11) is 0. The van der Waals surface area contributed by atoms with E-state index < -0.39 is 0 Å². The van der Waals surface area contributed by atoms with Gasteiger partial charge in [-0.1, -0.05) is 70.4 Å². The largest absolute Gasteiger partial charge is 0.294 e. The van der Waals surface area contributed by atoms with Gasteiger partial charge < -0.3 is 0 Å². The highest BCUT2D eigenvalue weighted by Gasteiger charge is 2.35. The van der Waals surface area contributed by atoms with Gasteiger partial charge in [-0.05, 0) is 82.0 Å². The maximum absolute atomic E-state index is 3.13. The average molecular weight is 386 g/mol. The van der Waals surface area contributed by atoms with E-state index in [4.69, 9.17) is 0 Å². The van der Waals surface area contributed by atoms with Crippen LogP contribution in [0, 0.1) is 17.8 Å². The van der Waals surface area contributed by atoms with Crippen LogP contribution in [0.25, 0.3) is 0 Å². The Morgan fingerprint density at radius 1 is 0.464 bits per heavy atom. The average Bonchev–Trinajstić information content (AvgIpc) is 2.76. The van der Waals surface area contributed by atoms with Crippen molar-refractivity contribution in [1.29, 1.82) is 0 Å². The predicted octanol–water partition coefficient (Wildman–Crippen LogP) is 7.90. The predicted molar refractivity (Wildman–Crippen MR) is 122 cm³/mol. The van der Waals surface area contributed by atoms with Crippen LogP contribution in [0.1, 0.15) is 122 Å². The second-order valence-electron chi connectivity index (χ2n) is 11.0. The van der Waals surface area contributed by atoms with Gasteiger partial charge in [0.2, 0.25) is 0 Å². The van der Waals surface area contributed by atoms with E-state index in [2.05, 4.69) is 24.0 Å². The number of hydrogen-bond donors (Lipinski definition) is 0. The van der Waals surface area contributed by atoms with Gasteiger partial charge in [-0.25, -0.2) is 0 Å². The van der Waals surface area contributed by atoms with Gasteiger partial charge in [-0.3, -0.25) is 4.90 Å². The molecule has 1 heteroatoms. The Morgan fingerprint density at radius 3 is 1.32 bits per heavy atom. The van der Waals surface area contributed by atoms with Crippen LogP contribution in [-0.4, -0.2) is 23.0 Å². The van der Waals surface area contributed by atoms with Crippen LogP contribution in [0.3, 0.4) is 0 Å². The SMILES string of the molecule is CC1CCC(C=CC2CCC(N(C3CCCCC3)C3CCCCC3)CC2)CC1. The zero-order valence-corrected chi connectivity index (χ0v) is 18.8. The van der Waals surface area contributed by atoms with Crippen LogP contribution in [0.5, 0.6) is 0 Å². The summed E-state index contributed by atoms with van der Waals surface area (Å²) in [5.41, 5.74) is 0.